The molecule has 0 atom stereocenters. The molecular weight excluding hydrogens is 222 g/mol. The van der Waals surface area contributed by atoms with Gasteiger partial charge in [-0.25, -0.2) is 4.79 Å². The maximum absolute atomic E-state index is 11.1. The zero-order chi connectivity index (χ0) is 10.7. The van der Waals surface area contributed by atoms with Gasteiger partial charge in [-0.2, -0.15) is 5.26 Å². The lowest BCUT2D eigenvalue weighted by molar-refractivity contribution is 0.0600. The van der Waals surface area contributed by atoms with E-state index >= 15 is 0 Å². The third-order valence-electron chi connectivity index (χ3n) is 1.60. The number of nitriles is 1. The Balaban J connectivity index is 3.29. The van der Waals surface area contributed by atoms with Crippen molar-refractivity contribution in [3.63, 3.8) is 0 Å². The first-order valence-corrected chi connectivity index (χ1v) is 4.43. The van der Waals surface area contributed by atoms with Crippen LogP contribution >= 0.6 is 24.2 Å². The van der Waals surface area contributed by atoms with E-state index in [1.807, 2.05) is 6.07 Å². The lowest BCUT2D eigenvalue weighted by Crippen LogP contribution is -2.01. The summed E-state index contributed by atoms with van der Waals surface area (Å²) < 4.78 is 4.51. The third kappa shape index (κ3) is 2.00. The van der Waals surface area contributed by atoms with Crippen LogP contribution in [0.4, 0.5) is 0 Å². The Morgan fingerprint density at radius 3 is 2.71 bits per heavy atom. The molecule has 0 saturated carbocycles. The molecule has 0 bridgehead atoms. The number of hydrogen-bond donors (Lipinski definition) is 1. The summed E-state index contributed by atoms with van der Waals surface area (Å²) in [5.41, 5.74) is 0.532. The molecule has 1 aromatic carbocycles. The molecule has 0 spiro atoms. The highest BCUT2D eigenvalue weighted by Crippen LogP contribution is 2.24. The molecule has 3 nitrogen and oxygen atoms in total. The van der Waals surface area contributed by atoms with E-state index in [4.69, 9.17) is 16.9 Å². The number of carbonyl (C=O) groups excluding carboxylic acids is 1. The van der Waals surface area contributed by atoms with Gasteiger partial charge in [-0.15, -0.1) is 12.6 Å². The summed E-state index contributed by atoms with van der Waals surface area (Å²) >= 11 is 9.79. The van der Waals surface area contributed by atoms with Crippen molar-refractivity contribution in [1.82, 2.24) is 0 Å². The van der Waals surface area contributed by atoms with Crippen molar-refractivity contribution in [3.8, 4) is 6.07 Å². The predicted molar refractivity (Wildman–Crippen MR) is 54.8 cm³/mol. The Kier molecular flexibility index (Phi) is 3.39. The molecule has 0 N–H and O–H groups in total. The van der Waals surface area contributed by atoms with Crippen LogP contribution in [0.2, 0.25) is 5.02 Å². The Morgan fingerprint density at radius 2 is 2.29 bits per heavy atom. The first-order valence-electron chi connectivity index (χ1n) is 3.61. The molecule has 0 fully saturated rings. The van der Waals surface area contributed by atoms with Crippen LogP contribution in [0.25, 0.3) is 0 Å². The third-order valence-corrected chi connectivity index (χ3v) is 2.25. The van der Waals surface area contributed by atoms with Crippen LogP contribution in [0.15, 0.2) is 17.0 Å². The van der Waals surface area contributed by atoms with Crippen LogP contribution in [-0.2, 0) is 4.74 Å². The summed E-state index contributed by atoms with van der Waals surface area (Å²) in [5.74, 6) is -0.508. The minimum Gasteiger partial charge on any atom is -0.465 e. The second-order valence-corrected chi connectivity index (χ2v) is 3.34. The van der Waals surface area contributed by atoms with Crippen molar-refractivity contribution >= 4 is 30.2 Å². The fourth-order valence-corrected chi connectivity index (χ4v) is 1.58. The van der Waals surface area contributed by atoms with Crippen LogP contribution in [0.5, 0.6) is 0 Å². The quantitative estimate of drug-likeness (QED) is 0.592. The van der Waals surface area contributed by atoms with Crippen LogP contribution < -0.4 is 0 Å². The Bertz CT molecular complexity index is 402. The van der Waals surface area contributed by atoms with E-state index < -0.39 is 5.97 Å². The molecule has 0 unspecified atom stereocenters. The highest BCUT2D eigenvalue weighted by molar-refractivity contribution is 7.80. The van der Waals surface area contributed by atoms with Gasteiger partial charge in [-0.1, -0.05) is 11.6 Å². The van der Waals surface area contributed by atoms with Gasteiger partial charge in [0.25, 0.3) is 0 Å². The molecule has 0 aliphatic heterocycles. The van der Waals surface area contributed by atoms with Crippen LogP contribution in [0.1, 0.15) is 15.9 Å². The van der Waals surface area contributed by atoms with E-state index in [2.05, 4.69) is 17.4 Å². The van der Waals surface area contributed by atoms with Crippen molar-refractivity contribution in [2.24, 2.45) is 0 Å². The minimum absolute atomic E-state index is 0.195. The number of halogens is 1. The number of nitrogens with zero attached hydrogens (tertiary/aromatic N) is 1. The molecule has 5 heteroatoms. The van der Waals surface area contributed by atoms with Crippen molar-refractivity contribution in [3.05, 3.63) is 28.3 Å². The van der Waals surface area contributed by atoms with E-state index in [1.165, 1.54) is 19.2 Å². The smallest absolute Gasteiger partial charge is 0.337 e. The van der Waals surface area contributed by atoms with Gasteiger partial charge in [-0.3, -0.25) is 0 Å². The number of esters is 1. The van der Waals surface area contributed by atoms with Gasteiger partial charge in [0.1, 0.15) is 6.07 Å². The number of benzene rings is 1. The Morgan fingerprint density at radius 1 is 1.64 bits per heavy atom. The maximum atomic E-state index is 11.1. The van der Waals surface area contributed by atoms with Crippen molar-refractivity contribution in [2.75, 3.05) is 7.11 Å². The van der Waals surface area contributed by atoms with Gasteiger partial charge in [0, 0.05) is 4.90 Å². The van der Waals surface area contributed by atoms with E-state index in [-0.39, 0.29) is 16.1 Å². The average Bonchev–Trinajstić information content (AvgIpc) is 2.16. The number of thiol groups is 1. The zero-order valence-corrected chi connectivity index (χ0v) is 8.89. The fraction of sp³-hybridized carbons (Fsp3) is 0.111. The number of rotatable bonds is 1. The normalized spacial score (nSPS) is 9.29. The number of hydrogen-bond acceptors (Lipinski definition) is 4. The van der Waals surface area contributed by atoms with E-state index in [9.17, 15) is 4.79 Å². The number of carbonyl (C=O) groups is 1. The molecule has 72 valence electrons. The lowest BCUT2D eigenvalue weighted by Gasteiger charge is -2.03. The van der Waals surface area contributed by atoms with E-state index in [0.29, 0.717) is 4.90 Å². The summed E-state index contributed by atoms with van der Waals surface area (Å²) in [6.45, 7) is 0. The van der Waals surface area contributed by atoms with Gasteiger partial charge in [-0.05, 0) is 12.1 Å². The van der Waals surface area contributed by atoms with Gasteiger partial charge in [0.15, 0.2) is 0 Å². The zero-order valence-electron chi connectivity index (χ0n) is 7.24. The molecule has 0 heterocycles. The van der Waals surface area contributed by atoms with E-state index in [0.717, 1.165) is 0 Å². The highest BCUT2D eigenvalue weighted by Gasteiger charge is 2.11. The second-order valence-electron chi connectivity index (χ2n) is 2.46. The highest BCUT2D eigenvalue weighted by atomic mass is 35.5. The van der Waals surface area contributed by atoms with Crippen LogP contribution in [0, 0.1) is 11.3 Å². The standard InChI is InChI=1S/C9H6ClNO2S/c1-13-9(12)5-2-7(10)6(4-11)8(14)3-5/h2-3,14H,1H3. The van der Waals surface area contributed by atoms with Gasteiger partial charge >= 0.3 is 5.97 Å². The van der Waals surface area contributed by atoms with Crippen molar-refractivity contribution in [2.45, 2.75) is 4.90 Å². The molecule has 0 amide bonds. The molecule has 0 aromatic heterocycles. The second kappa shape index (κ2) is 4.36. The maximum Gasteiger partial charge on any atom is 0.337 e. The molecular formula is C9H6ClNO2S. The van der Waals surface area contributed by atoms with Crippen molar-refractivity contribution in [1.29, 1.82) is 5.26 Å². The topological polar surface area (TPSA) is 50.1 Å². The molecule has 0 aliphatic carbocycles. The molecule has 14 heavy (non-hydrogen) atoms. The number of ether oxygens (including phenoxy) is 1. The van der Waals surface area contributed by atoms with Gasteiger partial charge in [0.05, 0.1) is 23.3 Å². The Labute approximate surface area is 91.7 Å². The fourth-order valence-electron chi connectivity index (χ4n) is 0.939. The molecule has 0 radical (unpaired) electrons. The summed E-state index contributed by atoms with van der Waals surface area (Å²) in [6.07, 6.45) is 0. The summed E-state index contributed by atoms with van der Waals surface area (Å²) in [4.78, 5) is 11.5. The largest absolute Gasteiger partial charge is 0.465 e. The summed E-state index contributed by atoms with van der Waals surface area (Å²) in [7, 11) is 1.27. The predicted octanol–water partition coefficient (Wildman–Crippen LogP) is 2.29. The SMILES string of the molecule is COC(=O)c1cc(S)c(C#N)c(Cl)c1. The van der Waals surface area contributed by atoms with Crippen LogP contribution in [0.3, 0.4) is 0 Å². The first kappa shape index (κ1) is 10.9. The Hall–Kier alpha value is -1.18. The minimum atomic E-state index is -0.508. The monoisotopic (exact) mass is 227 g/mol. The first-order chi connectivity index (χ1) is 6.60. The average molecular weight is 228 g/mol. The molecule has 1 rings (SSSR count). The van der Waals surface area contributed by atoms with E-state index in [1.54, 1.807) is 0 Å². The summed E-state index contributed by atoms with van der Waals surface area (Å²) in [5, 5.41) is 8.88. The molecule has 1 aromatic rings. The summed E-state index contributed by atoms with van der Waals surface area (Å²) in [6, 6.07) is 4.71. The van der Waals surface area contributed by atoms with Crippen LogP contribution in [-0.4, -0.2) is 13.1 Å². The lowest BCUT2D eigenvalue weighted by atomic mass is 10.1. The van der Waals surface area contributed by atoms with Gasteiger partial charge in [0.2, 0.25) is 0 Å². The van der Waals surface area contributed by atoms with Crippen molar-refractivity contribution < 1.29 is 9.53 Å². The molecule has 0 aliphatic rings. The number of methoxy groups -OCH3 is 1. The molecule has 0 saturated heterocycles. The van der Waals surface area contributed by atoms with Gasteiger partial charge < -0.3 is 4.74 Å².